The third-order valence-corrected chi connectivity index (χ3v) is 2.39. The highest BCUT2D eigenvalue weighted by atomic mass is 79.9. The fourth-order valence-electron chi connectivity index (χ4n) is 1.24. The quantitative estimate of drug-likeness (QED) is 0.735. The number of carboxylic acids is 1. The molecular formula is C11H11BrN2O5. The number of carbonyl (C=O) groups excluding carboxylic acids is 2. The Kier molecular flexibility index (Phi) is 5.31. The molecule has 102 valence electrons. The highest BCUT2D eigenvalue weighted by molar-refractivity contribution is 9.10. The molecular weight excluding hydrogens is 320 g/mol. The lowest BCUT2D eigenvalue weighted by molar-refractivity contribution is -0.143. The van der Waals surface area contributed by atoms with Crippen molar-refractivity contribution in [3.63, 3.8) is 0 Å². The second-order valence-corrected chi connectivity index (χ2v) is 4.31. The molecule has 1 rings (SSSR count). The molecule has 0 fully saturated rings. The smallest absolute Gasteiger partial charge is 0.323 e. The summed E-state index contributed by atoms with van der Waals surface area (Å²) in [4.78, 5) is 33.9. The zero-order valence-electron chi connectivity index (χ0n) is 9.71. The number of hydrogen-bond acceptors (Lipinski definition) is 4. The van der Waals surface area contributed by atoms with Crippen LogP contribution in [0.25, 0.3) is 6.08 Å². The first kappa shape index (κ1) is 15.0. The van der Waals surface area contributed by atoms with Gasteiger partial charge in [-0.1, -0.05) is 0 Å². The number of halogens is 1. The number of nitrogens with zero attached hydrogens (tertiary/aromatic N) is 1. The third kappa shape index (κ3) is 5.38. The van der Waals surface area contributed by atoms with Crippen LogP contribution in [0, 0.1) is 0 Å². The minimum Gasteiger partial charge on any atom is -0.480 e. The van der Waals surface area contributed by atoms with E-state index in [4.69, 9.17) is 15.3 Å². The third-order valence-electron chi connectivity index (χ3n) is 1.97. The average Bonchev–Trinajstić information content (AvgIpc) is 2.70. The van der Waals surface area contributed by atoms with Gasteiger partial charge in [0.25, 0.3) is 0 Å². The number of rotatable bonds is 6. The van der Waals surface area contributed by atoms with Crippen LogP contribution in [0.1, 0.15) is 5.76 Å². The fraction of sp³-hybridized carbons (Fsp3) is 0.182. The highest BCUT2D eigenvalue weighted by Gasteiger charge is 2.16. The SMILES string of the molecule is NC(=O)CN(CC(=O)O)C(=O)/C=C/c1ccc(Br)o1. The van der Waals surface area contributed by atoms with Gasteiger partial charge >= 0.3 is 5.97 Å². The summed E-state index contributed by atoms with van der Waals surface area (Å²) >= 11 is 3.10. The number of primary amides is 1. The Balaban J connectivity index is 2.73. The van der Waals surface area contributed by atoms with E-state index >= 15 is 0 Å². The Bertz CT molecular complexity index is 507. The molecule has 0 aliphatic carbocycles. The average molecular weight is 331 g/mol. The molecule has 0 saturated carbocycles. The van der Waals surface area contributed by atoms with Crippen LogP contribution in [-0.2, 0) is 14.4 Å². The van der Waals surface area contributed by atoms with Crippen LogP contribution in [0.3, 0.4) is 0 Å². The maximum absolute atomic E-state index is 11.7. The molecule has 1 heterocycles. The Morgan fingerprint density at radius 2 is 2.05 bits per heavy atom. The normalized spacial score (nSPS) is 10.6. The first-order valence-corrected chi connectivity index (χ1v) is 5.90. The lowest BCUT2D eigenvalue weighted by atomic mass is 10.3. The molecule has 0 unspecified atom stereocenters. The van der Waals surface area contributed by atoms with Crippen molar-refractivity contribution in [1.29, 1.82) is 0 Å². The van der Waals surface area contributed by atoms with E-state index in [0.717, 1.165) is 11.0 Å². The summed E-state index contributed by atoms with van der Waals surface area (Å²) in [5, 5.41) is 8.64. The van der Waals surface area contributed by atoms with Crippen molar-refractivity contribution in [3.8, 4) is 0 Å². The summed E-state index contributed by atoms with van der Waals surface area (Å²) in [5.74, 6) is -2.25. The van der Waals surface area contributed by atoms with Crippen molar-refractivity contribution >= 4 is 39.8 Å². The first-order chi connectivity index (χ1) is 8.88. The van der Waals surface area contributed by atoms with Gasteiger partial charge in [-0.05, 0) is 34.1 Å². The maximum atomic E-state index is 11.7. The maximum Gasteiger partial charge on any atom is 0.323 e. The van der Waals surface area contributed by atoms with Gasteiger partial charge in [0, 0.05) is 6.08 Å². The molecule has 7 nitrogen and oxygen atoms in total. The van der Waals surface area contributed by atoms with E-state index < -0.39 is 30.9 Å². The van der Waals surface area contributed by atoms with Gasteiger partial charge in [0.1, 0.15) is 18.8 Å². The topological polar surface area (TPSA) is 114 Å². The number of aliphatic carboxylic acids is 1. The zero-order valence-corrected chi connectivity index (χ0v) is 11.3. The van der Waals surface area contributed by atoms with Crippen LogP contribution in [0.15, 0.2) is 27.3 Å². The number of hydrogen-bond donors (Lipinski definition) is 2. The van der Waals surface area contributed by atoms with Gasteiger partial charge in [-0.2, -0.15) is 0 Å². The predicted molar refractivity (Wildman–Crippen MR) is 68.9 cm³/mol. The van der Waals surface area contributed by atoms with E-state index in [0.29, 0.717) is 10.4 Å². The van der Waals surface area contributed by atoms with Crippen LogP contribution in [0.2, 0.25) is 0 Å². The van der Waals surface area contributed by atoms with E-state index in [-0.39, 0.29) is 0 Å². The molecule has 0 aliphatic heterocycles. The summed E-state index contributed by atoms with van der Waals surface area (Å²) < 4.78 is 5.63. The molecule has 8 heteroatoms. The van der Waals surface area contributed by atoms with Gasteiger partial charge in [0.05, 0.1) is 0 Å². The molecule has 0 bridgehead atoms. The van der Waals surface area contributed by atoms with Crippen LogP contribution >= 0.6 is 15.9 Å². The largest absolute Gasteiger partial charge is 0.480 e. The number of carbonyl (C=O) groups is 3. The molecule has 0 saturated heterocycles. The second-order valence-electron chi connectivity index (χ2n) is 3.53. The van der Waals surface area contributed by atoms with Crippen LogP contribution < -0.4 is 5.73 Å². The standard InChI is InChI=1S/C11H11BrN2O5/c12-8-3-1-7(19-8)2-4-10(16)14(5-9(13)15)6-11(17)18/h1-4H,5-6H2,(H2,13,15)(H,17,18)/b4-2+. The van der Waals surface area contributed by atoms with Gasteiger partial charge in [-0.3, -0.25) is 14.4 Å². The Hall–Kier alpha value is -2.09. The first-order valence-electron chi connectivity index (χ1n) is 5.11. The van der Waals surface area contributed by atoms with Gasteiger partial charge in [-0.25, -0.2) is 0 Å². The summed E-state index contributed by atoms with van der Waals surface area (Å²) in [5.41, 5.74) is 4.94. The Labute approximate surface area is 116 Å². The van der Waals surface area contributed by atoms with Crippen molar-refractivity contribution in [2.24, 2.45) is 5.73 Å². The monoisotopic (exact) mass is 330 g/mol. The molecule has 1 aromatic heterocycles. The van der Waals surface area contributed by atoms with E-state index in [2.05, 4.69) is 15.9 Å². The zero-order chi connectivity index (χ0) is 14.4. The summed E-state index contributed by atoms with van der Waals surface area (Å²) in [6, 6.07) is 3.26. The van der Waals surface area contributed by atoms with Crippen molar-refractivity contribution in [3.05, 3.63) is 28.6 Å². The summed E-state index contributed by atoms with van der Waals surface area (Å²) in [6.45, 7) is -1.06. The van der Waals surface area contributed by atoms with Crippen molar-refractivity contribution < 1.29 is 23.9 Å². The molecule has 19 heavy (non-hydrogen) atoms. The number of furan rings is 1. The predicted octanol–water partition coefficient (Wildman–Crippen LogP) is 0.454. The van der Waals surface area contributed by atoms with E-state index in [1.54, 1.807) is 12.1 Å². The number of amides is 2. The van der Waals surface area contributed by atoms with Gasteiger partial charge in [0.15, 0.2) is 4.67 Å². The molecule has 0 atom stereocenters. The Morgan fingerprint density at radius 3 is 2.53 bits per heavy atom. The molecule has 3 N–H and O–H groups in total. The molecule has 0 radical (unpaired) electrons. The molecule has 0 aromatic carbocycles. The highest BCUT2D eigenvalue weighted by Crippen LogP contribution is 2.15. The van der Waals surface area contributed by atoms with Gasteiger partial charge in [-0.15, -0.1) is 0 Å². The van der Waals surface area contributed by atoms with Crippen molar-refractivity contribution in [2.75, 3.05) is 13.1 Å². The number of nitrogens with two attached hydrogens (primary N) is 1. The lowest BCUT2D eigenvalue weighted by Crippen LogP contribution is -2.40. The van der Waals surface area contributed by atoms with Crippen LogP contribution in [0.5, 0.6) is 0 Å². The van der Waals surface area contributed by atoms with Crippen LogP contribution in [-0.4, -0.2) is 40.9 Å². The van der Waals surface area contributed by atoms with Crippen LogP contribution in [0.4, 0.5) is 0 Å². The van der Waals surface area contributed by atoms with Crippen molar-refractivity contribution in [2.45, 2.75) is 0 Å². The summed E-state index contributed by atoms with van der Waals surface area (Å²) in [7, 11) is 0. The number of carboxylic acid groups (broad SMARTS) is 1. The molecule has 2 amide bonds. The minimum absolute atomic E-state index is 0.412. The minimum atomic E-state index is -1.23. The van der Waals surface area contributed by atoms with E-state index in [1.807, 2.05) is 0 Å². The van der Waals surface area contributed by atoms with E-state index in [1.165, 1.54) is 6.08 Å². The van der Waals surface area contributed by atoms with E-state index in [9.17, 15) is 14.4 Å². The second kappa shape index (κ2) is 6.74. The fourth-order valence-corrected chi connectivity index (χ4v) is 1.56. The van der Waals surface area contributed by atoms with Gasteiger partial charge in [0.2, 0.25) is 11.8 Å². The summed E-state index contributed by atoms with van der Waals surface area (Å²) in [6.07, 6.45) is 2.47. The molecule has 1 aromatic rings. The molecule has 0 spiro atoms. The van der Waals surface area contributed by atoms with Crippen molar-refractivity contribution in [1.82, 2.24) is 4.90 Å². The van der Waals surface area contributed by atoms with Gasteiger partial charge < -0.3 is 20.2 Å². The molecule has 0 aliphatic rings. The lowest BCUT2D eigenvalue weighted by Gasteiger charge is -2.16. The Morgan fingerprint density at radius 1 is 1.37 bits per heavy atom.